The summed E-state index contributed by atoms with van der Waals surface area (Å²) in [6, 6.07) is -1.77. The summed E-state index contributed by atoms with van der Waals surface area (Å²) in [4.78, 5) is 22.6. The molecule has 1 fully saturated rings. The maximum absolute atomic E-state index is 12.5. The fourth-order valence-electron chi connectivity index (χ4n) is 1.74. The Hall–Kier alpha value is -1.27. The minimum absolute atomic E-state index is 0.221. The number of nitrogens with zero attached hydrogens (tertiary/aromatic N) is 1. The van der Waals surface area contributed by atoms with Crippen LogP contribution in [0.25, 0.3) is 0 Å². The van der Waals surface area contributed by atoms with E-state index in [1.54, 1.807) is 0 Å². The third kappa shape index (κ3) is 2.28. The Labute approximate surface area is 90.3 Å². The minimum Gasteiger partial charge on any atom is -0.469 e. The lowest BCUT2D eigenvalue weighted by Gasteiger charge is -2.46. The van der Waals surface area contributed by atoms with Crippen LogP contribution in [-0.4, -0.2) is 42.6 Å². The number of ether oxygens (including phenoxy) is 1. The average Bonchev–Trinajstić information content (AvgIpc) is 2.20. The van der Waals surface area contributed by atoms with Gasteiger partial charge in [0.05, 0.1) is 19.4 Å². The summed E-state index contributed by atoms with van der Waals surface area (Å²) in [6.45, 7) is 0.981. The summed E-state index contributed by atoms with van der Waals surface area (Å²) in [5.74, 6) is -2.27. The van der Waals surface area contributed by atoms with Gasteiger partial charge in [-0.05, 0) is 0 Å². The molecule has 0 saturated carbocycles. The van der Waals surface area contributed by atoms with Gasteiger partial charge in [-0.1, -0.05) is 6.92 Å². The van der Waals surface area contributed by atoms with Crippen LogP contribution in [0, 0.1) is 5.92 Å². The SMILES string of the molecule is COC(=O)CCN1C(=O)C(C)C1C(F)(F)F. The van der Waals surface area contributed by atoms with Crippen molar-refractivity contribution < 1.29 is 27.5 Å². The molecule has 1 heterocycles. The highest BCUT2D eigenvalue weighted by Gasteiger charge is 2.58. The number of β-lactam (4-membered cyclic amide) rings is 1. The van der Waals surface area contributed by atoms with Crippen molar-refractivity contribution in [1.82, 2.24) is 4.90 Å². The van der Waals surface area contributed by atoms with Crippen molar-refractivity contribution in [3.8, 4) is 0 Å². The smallest absolute Gasteiger partial charge is 0.409 e. The van der Waals surface area contributed by atoms with E-state index < -0.39 is 30.0 Å². The normalized spacial score (nSPS) is 25.3. The average molecular weight is 239 g/mol. The Kier molecular flexibility index (Phi) is 3.44. The number of hydrogen-bond donors (Lipinski definition) is 0. The van der Waals surface area contributed by atoms with Crippen molar-refractivity contribution >= 4 is 11.9 Å². The van der Waals surface area contributed by atoms with E-state index in [0.29, 0.717) is 4.90 Å². The fourth-order valence-corrected chi connectivity index (χ4v) is 1.74. The van der Waals surface area contributed by atoms with Gasteiger partial charge in [0, 0.05) is 6.54 Å². The lowest BCUT2D eigenvalue weighted by atomic mass is 9.88. The Balaban J connectivity index is 2.58. The molecule has 2 unspecified atom stereocenters. The van der Waals surface area contributed by atoms with E-state index in [1.165, 1.54) is 6.92 Å². The highest BCUT2D eigenvalue weighted by Crippen LogP contribution is 2.38. The highest BCUT2D eigenvalue weighted by molar-refractivity contribution is 5.86. The summed E-state index contributed by atoms with van der Waals surface area (Å²) < 4.78 is 41.7. The molecule has 0 bridgehead atoms. The van der Waals surface area contributed by atoms with Gasteiger partial charge >= 0.3 is 12.1 Å². The molecule has 92 valence electrons. The summed E-state index contributed by atoms with van der Waals surface area (Å²) in [6.07, 6.45) is -4.66. The number of carbonyl (C=O) groups excluding carboxylic acids is 2. The first-order chi connectivity index (χ1) is 7.29. The first-order valence-electron chi connectivity index (χ1n) is 4.73. The zero-order valence-corrected chi connectivity index (χ0v) is 8.87. The molecule has 16 heavy (non-hydrogen) atoms. The monoisotopic (exact) mass is 239 g/mol. The number of carbonyl (C=O) groups is 2. The molecule has 1 aliphatic rings. The number of rotatable bonds is 3. The van der Waals surface area contributed by atoms with E-state index in [1.807, 2.05) is 0 Å². The van der Waals surface area contributed by atoms with Crippen molar-refractivity contribution in [3.05, 3.63) is 0 Å². The van der Waals surface area contributed by atoms with Crippen LogP contribution in [0.1, 0.15) is 13.3 Å². The van der Waals surface area contributed by atoms with Gasteiger partial charge in [0.15, 0.2) is 0 Å². The maximum atomic E-state index is 12.5. The fraction of sp³-hybridized carbons (Fsp3) is 0.778. The molecule has 0 radical (unpaired) electrons. The van der Waals surface area contributed by atoms with Crippen LogP contribution in [0.3, 0.4) is 0 Å². The summed E-state index contributed by atoms with van der Waals surface area (Å²) in [7, 11) is 1.14. The van der Waals surface area contributed by atoms with E-state index in [2.05, 4.69) is 4.74 Å². The first-order valence-corrected chi connectivity index (χ1v) is 4.73. The number of hydrogen-bond acceptors (Lipinski definition) is 3. The van der Waals surface area contributed by atoms with Crippen molar-refractivity contribution in [2.75, 3.05) is 13.7 Å². The van der Waals surface area contributed by atoms with Crippen molar-refractivity contribution in [3.63, 3.8) is 0 Å². The van der Waals surface area contributed by atoms with Crippen LogP contribution in [-0.2, 0) is 14.3 Å². The van der Waals surface area contributed by atoms with Gasteiger partial charge in [-0.3, -0.25) is 9.59 Å². The molecule has 0 spiro atoms. The lowest BCUT2D eigenvalue weighted by Crippen LogP contribution is -2.66. The summed E-state index contributed by atoms with van der Waals surface area (Å²) in [5.41, 5.74) is 0. The van der Waals surface area contributed by atoms with Gasteiger partial charge < -0.3 is 9.64 Å². The molecule has 0 aliphatic carbocycles. The van der Waals surface area contributed by atoms with Crippen molar-refractivity contribution in [2.24, 2.45) is 5.92 Å². The van der Waals surface area contributed by atoms with Crippen LogP contribution in [0.5, 0.6) is 0 Å². The van der Waals surface area contributed by atoms with Gasteiger partial charge in [0.2, 0.25) is 5.91 Å². The number of likely N-dealkylation sites (tertiary alicyclic amines) is 1. The summed E-state index contributed by atoms with van der Waals surface area (Å²) in [5, 5.41) is 0. The molecule has 7 heteroatoms. The Morgan fingerprint density at radius 1 is 1.50 bits per heavy atom. The Morgan fingerprint density at radius 2 is 2.06 bits per heavy atom. The van der Waals surface area contributed by atoms with Crippen LogP contribution in [0.4, 0.5) is 13.2 Å². The molecule has 2 atom stereocenters. The Morgan fingerprint density at radius 3 is 2.50 bits per heavy atom. The predicted octanol–water partition coefficient (Wildman–Crippen LogP) is 0.959. The van der Waals surface area contributed by atoms with Crippen LogP contribution >= 0.6 is 0 Å². The largest absolute Gasteiger partial charge is 0.469 e. The van der Waals surface area contributed by atoms with Crippen LogP contribution in [0.2, 0.25) is 0 Å². The van der Waals surface area contributed by atoms with E-state index in [9.17, 15) is 22.8 Å². The molecule has 1 rings (SSSR count). The highest BCUT2D eigenvalue weighted by atomic mass is 19.4. The topological polar surface area (TPSA) is 46.6 Å². The minimum atomic E-state index is -4.44. The molecule has 1 aliphatic heterocycles. The molecular formula is C9H12F3NO3. The zero-order valence-electron chi connectivity index (χ0n) is 8.87. The predicted molar refractivity (Wildman–Crippen MR) is 47.4 cm³/mol. The van der Waals surface area contributed by atoms with E-state index >= 15 is 0 Å². The molecular weight excluding hydrogens is 227 g/mol. The van der Waals surface area contributed by atoms with Gasteiger partial charge in [0.1, 0.15) is 6.04 Å². The third-order valence-electron chi connectivity index (χ3n) is 2.60. The second-order valence-electron chi connectivity index (χ2n) is 3.63. The van der Waals surface area contributed by atoms with E-state index in [4.69, 9.17) is 0 Å². The number of esters is 1. The molecule has 4 nitrogen and oxygen atoms in total. The maximum Gasteiger partial charge on any atom is 0.409 e. The second-order valence-corrected chi connectivity index (χ2v) is 3.63. The number of alkyl halides is 3. The Bertz CT molecular complexity index is 303. The van der Waals surface area contributed by atoms with E-state index in [0.717, 1.165) is 7.11 Å². The molecule has 0 aromatic rings. The van der Waals surface area contributed by atoms with Crippen molar-refractivity contribution in [2.45, 2.75) is 25.6 Å². The van der Waals surface area contributed by atoms with Crippen LogP contribution in [0.15, 0.2) is 0 Å². The number of methoxy groups -OCH3 is 1. The third-order valence-corrected chi connectivity index (χ3v) is 2.60. The molecule has 1 amide bonds. The van der Waals surface area contributed by atoms with Gasteiger partial charge in [-0.15, -0.1) is 0 Å². The van der Waals surface area contributed by atoms with Crippen LogP contribution < -0.4 is 0 Å². The standard InChI is InChI=1S/C9H12F3NO3/c1-5-7(9(10,11)12)13(8(5)15)4-3-6(14)16-2/h5,7H,3-4H2,1-2H3. The quantitative estimate of drug-likeness (QED) is 0.544. The van der Waals surface area contributed by atoms with Gasteiger partial charge in [-0.2, -0.15) is 13.2 Å². The summed E-state index contributed by atoms with van der Waals surface area (Å²) >= 11 is 0. The molecule has 0 aromatic carbocycles. The van der Waals surface area contributed by atoms with Crippen molar-refractivity contribution in [1.29, 1.82) is 0 Å². The molecule has 1 saturated heterocycles. The van der Waals surface area contributed by atoms with E-state index in [-0.39, 0.29) is 13.0 Å². The molecule has 0 aromatic heterocycles. The number of halogens is 3. The van der Waals surface area contributed by atoms with Gasteiger partial charge in [0.25, 0.3) is 0 Å². The van der Waals surface area contributed by atoms with Gasteiger partial charge in [-0.25, -0.2) is 0 Å². The second kappa shape index (κ2) is 4.31. The number of amides is 1. The molecule has 0 N–H and O–H groups in total. The lowest BCUT2D eigenvalue weighted by molar-refractivity contribution is -0.228. The first kappa shape index (κ1) is 12.8. The zero-order chi connectivity index (χ0) is 12.5.